The molecule has 1 heterocycles. The van der Waals surface area contributed by atoms with E-state index in [4.69, 9.17) is 4.74 Å². The first-order valence-corrected chi connectivity index (χ1v) is 9.41. The van der Waals surface area contributed by atoms with Crippen molar-refractivity contribution in [3.8, 4) is 0 Å². The fraction of sp³-hybridized carbons (Fsp3) is 0.550. The Bertz CT molecular complexity index is 923. The third-order valence-electron chi connectivity index (χ3n) is 7.45. The third-order valence-corrected chi connectivity index (χ3v) is 7.45. The maximum atomic E-state index is 12.6. The Labute approximate surface area is 162 Å². The fourth-order valence-electron chi connectivity index (χ4n) is 5.24. The minimum absolute atomic E-state index is 0.0555. The molecule has 2 saturated carbocycles. The van der Waals surface area contributed by atoms with Crippen molar-refractivity contribution in [3.63, 3.8) is 0 Å². The van der Waals surface area contributed by atoms with Crippen LogP contribution >= 0.6 is 0 Å². The summed E-state index contributed by atoms with van der Waals surface area (Å²) in [5.74, 6) is -1.71. The van der Waals surface area contributed by atoms with Gasteiger partial charge in [0.2, 0.25) is 0 Å². The van der Waals surface area contributed by atoms with E-state index in [0.29, 0.717) is 5.92 Å². The van der Waals surface area contributed by atoms with E-state index in [0.717, 1.165) is 24.2 Å². The van der Waals surface area contributed by atoms with Crippen LogP contribution in [0.4, 0.5) is 5.69 Å². The largest absolute Gasteiger partial charge is 0.460 e. The number of carbonyl (C=O) groups is 3. The standard InChI is InChI=1S/C20H22N2O6/c1-19(2)11-7-8-20(19,3)14(9-11)28-15(23)10-21-17(24)12-5-4-6-13(22(26)27)16(12)18(21)25/h4-6,11,14H,7-10H2,1-3H3/t11-,14+,20-/m0/s1. The van der Waals surface area contributed by atoms with Crippen molar-refractivity contribution < 1.29 is 24.0 Å². The quantitative estimate of drug-likeness (QED) is 0.341. The van der Waals surface area contributed by atoms with Crippen molar-refractivity contribution in [1.82, 2.24) is 4.90 Å². The second kappa shape index (κ2) is 5.86. The minimum atomic E-state index is -0.830. The van der Waals surface area contributed by atoms with E-state index >= 15 is 0 Å². The maximum Gasteiger partial charge on any atom is 0.326 e. The second-order valence-electron chi connectivity index (χ2n) is 8.74. The van der Waals surface area contributed by atoms with Gasteiger partial charge in [-0.3, -0.25) is 29.4 Å². The molecule has 0 saturated heterocycles. The lowest BCUT2D eigenvalue weighted by Gasteiger charge is -2.38. The number of hydrogen-bond acceptors (Lipinski definition) is 6. The number of carbonyl (C=O) groups excluding carboxylic acids is 3. The molecule has 4 rings (SSSR count). The molecular weight excluding hydrogens is 364 g/mol. The molecule has 1 aromatic rings. The highest BCUT2D eigenvalue weighted by atomic mass is 16.6. The highest BCUT2D eigenvalue weighted by molar-refractivity contribution is 6.24. The lowest BCUT2D eigenvalue weighted by atomic mass is 9.70. The first-order chi connectivity index (χ1) is 13.1. The summed E-state index contributed by atoms with van der Waals surface area (Å²) in [6, 6.07) is 3.87. The van der Waals surface area contributed by atoms with Crippen LogP contribution in [0.3, 0.4) is 0 Å². The first-order valence-electron chi connectivity index (χ1n) is 9.41. The van der Waals surface area contributed by atoms with Gasteiger partial charge in [-0.1, -0.05) is 26.8 Å². The van der Waals surface area contributed by atoms with Gasteiger partial charge in [-0.05, 0) is 36.7 Å². The Morgan fingerprint density at radius 1 is 1.29 bits per heavy atom. The number of ether oxygens (including phenoxy) is 1. The minimum Gasteiger partial charge on any atom is -0.460 e. The molecule has 148 valence electrons. The number of hydrogen-bond donors (Lipinski definition) is 0. The van der Waals surface area contributed by atoms with E-state index < -0.39 is 34.9 Å². The molecule has 2 aliphatic carbocycles. The van der Waals surface area contributed by atoms with Gasteiger partial charge in [0.15, 0.2) is 0 Å². The van der Waals surface area contributed by atoms with Crippen molar-refractivity contribution in [2.45, 2.75) is 46.1 Å². The second-order valence-corrected chi connectivity index (χ2v) is 8.74. The predicted octanol–water partition coefficient (Wildman–Crippen LogP) is 2.95. The first kappa shape index (κ1) is 18.6. The summed E-state index contributed by atoms with van der Waals surface area (Å²) in [5, 5.41) is 11.2. The van der Waals surface area contributed by atoms with Crippen LogP contribution in [-0.4, -0.2) is 40.3 Å². The number of esters is 1. The van der Waals surface area contributed by atoms with E-state index in [2.05, 4.69) is 20.8 Å². The van der Waals surface area contributed by atoms with E-state index in [1.807, 2.05) is 0 Å². The molecule has 28 heavy (non-hydrogen) atoms. The molecule has 3 atom stereocenters. The molecule has 0 unspecified atom stereocenters. The number of nitro benzene ring substituents is 1. The molecule has 3 aliphatic rings. The van der Waals surface area contributed by atoms with Crippen LogP contribution in [-0.2, 0) is 9.53 Å². The molecule has 1 aliphatic heterocycles. The zero-order valence-corrected chi connectivity index (χ0v) is 16.1. The SMILES string of the molecule is CC1(C)[C@H]2CC[C@@]1(C)[C@H](OC(=O)CN1C(=O)c3cccc([N+](=O)[O-])c3C1=O)C2. The summed E-state index contributed by atoms with van der Waals surface area (Å²) < 4.78 is 5.70. The average Bonchev–Trinajstić information content (AvgIpc) is 3.08. The Kier molecular flexibility index (Phi) is 3.89. The topological polar surface area (TPSA) is 107 Å². The van der Waals surface area contributed by atoms with E-state index in [-0.39, 0.29) is 28.1 Å². The fourth-order valence-corrected chi connectivity index (χ4v) is 5.24. The summed E-state index contributed by atoms with van der Waals surface area (Å²) in [6.45, 7) is 5.98. The molecule has 2 bridgehead atoms. The van der Waals surface area contributed by atoms with Gasteiger partial charge in [-0.15, -0.1) is 0 Å². The molecule has 0 N–H and O–H groups in total. The summed E-state index contributed by atoms with van der Waals surface area (Å²) in [4.78, 5) is 48.9. The van der Waals surface area contributed by atoms with E-state index in [9.17, 15) is 24.5 Å². The van der Waals surface area contributed by atoms with Gasteiger partial charge in [0.05, 0.1) is 10.5 Å². The van der Waals surface area contributed by atoms with Crippen LogP contribution in [0.1, 0.15) is 60.7 Å². The molecule has 0 spiro atoms. The predicted molar refractivity (Wildman–Crippen MR) is 97.6 cm³/mol. The normalized spacial score (nSPS) is 29.9. The zero-order valence-electron chi connectivity index (χ0n) is 16.1. The van der Waals surface area contributed by atoms with Gasteiger partial charge >= 0.3 is 5.97 Å². The number of nitro groups is 1. The Morgan fingerprint density at radius 3 is 2.57 bits per heavy atom. The zero-order chi connectivity index (χ0) is 20.4. The summed E-state index contributed by atoms with van der Waals surface area (Å²) in [5.41, 5.74) is -0.824. The number of benzene rings is 1. The molecule has 8 nitrogen and oxygen atoms in total. The number of fused-ring (bicyclic) bond motifs is 3. The summed E-state index contributed by atoms with van der Waals surface area (Å²) in [6.07, 6.45) is 2.61. The van der Waals surface area contributed by atoms with Gasteiger partial charge < -0.3 is 4.74 Å². The average molecular weight is 386 g/mol. The van der Waals surface area contributed by atoms with Gasteiger partial charge in [-0.2, -0.15) is 0 Å². The highest BCUT2D eigenvalue weighted by Gasteiger charge is 2.63. The molecule has 0 radical (unpaired) electrons. The van der Waals surface area contributed by atoms with Crippen LogP contribution in [0.15, 0.2) is 18.2 Å². The van der Waals surface area contributed by atoms with Crippen LogP contribution < -0.4 is 0 Å². The van der Waals surface area contributed by atoms with Gasteiger partial charge in [0.1, 0.15) is 18.2 Å². The molecule has 2 fully saturated rings. The summed E-state index contributed by atoms with van der Waals surface area (Å²) >= 11 is 0. The Balaban J connectivity index is 1.51. The third kappa shape index (κ3) is 2.33. The molecule has 8 heteroatoms. The highest BCUT2D eigenvalue weighted by Crippen LogP contribution is 2.66. The van der Waals surface area contributed by atoms with Crippen LogP contribution in [0.5, 0.6) is 0 Å². The van der Waals surface area contributed by atoms with Crippen LogP contribution in [0, 0.1) is 26.9 Å². The van der Waals surface area contributed by atoms with Crippen molar-refractivity contribution >= 4 is 23.5 Å². The molecule has 1 aromatic carbocycles. The van der Waals surface area contributed by atoms with Crippen molar-refractivity contribution in [3.05, 3.63) is 39.4 Å². The lowest BCUT2D eigenvalue weighted by molar-refractivity contribution is -0.385. The Morgan fingerprint density at radius 2 is 2.00 bits per heavy atom. The van der Waals surface area contributed by atoms with Gasteiger partial charge in [-0.25, -0.2) is 0 Å². The lowest BCUT2D eigenvalue weighted by Crippen LogP contribution is -2.41. The van der Waals surface area contributed by atoms with Crippen LogP contribution in [0.25, 0.3) is 0 Å². The number of imide groups is 1. The monoisotopic (exact) mass is 386 g/mol. The Hall–Kier alpha value is -2.77. The number of nitrogens with zero attached hydrogens (tertiary/aromatic N) is 2. The number of amides is 2. The van der Waals surface area contributed by atoms with Crippen LogP contribution in [0.2, 0.25) is 0 Å². The van der Waals surface area contributed by atoms with Crippen molar-refractivity contribution in [2.75, 3.05) is 6.54 Å². The summed E-state index contributed by atoms with van der Waals surface area (Å²) in [7, 11) is 0. The molecule has 0 aromatic heterocycles. The maximum absolute atomic E-state index is 12.6. The smallest absolute Gasteiger partial charge is 0.326 e. The number of rotatable bonds is 4. The van der Waals surface area contributed by atoms with Gasteiger partial charge in [0, 0.05) is 11.5 Å². The van der Waals surface area contributed by atoms with Crippen molar-refractivity contribution in [2.24, 2.45) is 16.7 Å². The molecule has 2 amide bonds. The van der Waals surface area contributed by atoms with E-state index in [1.165, 1.54) is 18.2 Å². The van der Waals surface area contributed by atoms with Gasteiger partial charge in [0.25, 0.3) is 17.5 Å². The molecular formula is C20H22N2O6. The van der Waals surface area contributed by atoms with E-state index in [1.54, 1.807) is 0 Å². The van der Waals surface area contributed by atoms with Crippen molar-refractivity contribution in [1.29, 1.82) is 0 Å².